The highest BCUT2D eigenvalue weighted by Crippen LogP contribution is 2.28. The molecule has 2 aliphatic rings. The number of hydrogen-bond acceptors (Lipinski definition) is 6. The lowest BCUT2D eigenvalue weighted by Gasteiger charge is -2.27. The minimum atomic E-state index is -2.92. The van der Waals surface area contributed by atoms with Gasteiger partial charge in [0, 0.05) is 37.0 Å². The van der Waals surface area contributed by atoms with E-state index in [0.29, 0.717) is 41.8 Å². The molecule has 1 atom stereocenters. The van der Waals surface area contributed by atoms with E-state index in [9.17, 15) is 22.8 Å². The summed E-state index contributed by atoms with van der Waals surface area (Å²) in [6.45, 7) is 2.04. The van der Waals surface area contributed by atoms with Crippen molar-refractivity contribution >= 4 is 39.8 Å². The molecule has 0 aliphatic carbocycles. The van der Waals surface area contributed by atoms with E-state index in [-0.39, 0.29) is 23.3 Å². The number of anilines is 2. The molecule has 5 rings (SSSR count). The summed E-state index contributed by atoms with van der Waals surface area (Å²) in [5.74, 6) is -1.04. The van der Waals surface area contributed by atoms with E-state index in [2.05, 4.69) is 10.6 Å². The van der Waals surface area contributed by atoms with Crippen LogP contribution in [0.25, 0.3) is 0 Å². The summed E-state index contributed by atoms with van der Waals surface area (Å²) in [6, 6.07) is 16.3. The number of aryl methyl sites for hydroxylation is 2. The topological polar surface area (TPSA) is 139 Å². The summed E-state index contributed by atoms with van der Waals surface area (Å²) < 4.78 is 23.9. The molecule has 204 valence electrons. The van der Waals surface area contributed by atoms with Crippen molar-refractivity contribution in [3.05, 3.63) is 88.5 Å². The van der Waals surface area contributed by atoms with Gasteiger partial charge in [-0.25, -0.2) is 8.42 Å². The summed E-state index contributed by atoms with van der Waals surface area (Å²) >= 11 is 0. The lowest BCUT2D eigenvalue weighted by atomic mass is 9.94. The van der Waals surface area contributed by atoms with Gasteiger partial charge in [-0.15, -0.1) is 0 Å². The number of fused-ring (bicyclic) bond motifs is 9. The molecular weight excluding hydrogens is 516 g/mol. The Bertz CT molecular complexity index is 1490. The van der Waals surface area contributed by atoms with Crippen molar-refractivity contribution < 1.29 is 22.8 Å². The van der Waals surface area contributed by atoms with Crippen LogP contribution in [-0.4, -0.2) is 38.1 Å². The summed E-state index contributed by atoms with van der Waals surface area (Å²) in [5.41, 5.74) is 10.1. The number of nitrogens with two attached hydrogens (primary N) is 1. The van der Waals surface area contributed by atoms with Crippen LogP contribution in [0.3, 0.4) is 0 Å². The predicted molar refractivity (Wildman–Crippen MR) is 150 cm³/mol. The van der Waals surface area contributed by atoms with Gasteiger partial charge in [0.2, 0.25) is 17.7 Å². The van der Waals surface area contributed by atoms with E-state index in [0.717, 1.165) is 23.1 Å². The Morgan fingerprint density at radius 1 is 1.05 bits per heavy atom. The van der Waals surface area contributed by atoms with Gasteiger partial charge < -0.3 is 21.3 Å². The van der Waals surface area contributed by atoms with Gasteiger partial charge in [-0.1, -0.05) is 31.2 Å². The molecule has 3 aromatic carbocycles. The van der Waals surface area contributed by atoms with E-state index in [4.69, 9.17) is 5.73 Å². The van der Waals surface area contributed by atoms with Crippen LogP contribution in [0.1, 0.15) is 58.4 Å². The van der Waals surface area contributed by atoms with Gasteiger partial charge in [-0.2, -0.15) is 0 Å². The molecule has 0 aromatic heterocycles. The first kappa shape index (κ1) is 27.8. The highest BCUT2D eigenvalue weighted by Gasteiger charge is 2.26. The number of primary amides is 1. The number of thiol groups is 1. The predicted octanol–water partition coefficient (Wildman–Crippen LogP) is 3.40. The molecule has 0 saturated carbocycles. The smallest absolute Gasteiger partial charge is 0.249 e. The lowest BCUT2D eigenvalue weighted by molar-refractivity contribution is -0.131. The van der Waals surface area contributed by atoms with E-state index < -0.39 is 22.7 Å². The van der Waals surface area contributed by atoms with Gasteiger partial charge in [0.25, 0.3) is 0 Å². The molecule has 0 fully saturated rings. The molecule has 0 spiro atoms. The molecule has 10 heteroatoms. The quantitative estimate of drug-likeness (QED) is 0.361. The Morgan fingerprint density at radius 2 is 1.85 bits per heavy atom. The van der Waals surface area contributed by atoms with Crippen LogP contribution in [0.2, 0.25) is 0 Å². The second-order valence-electron chi connectivity index (χ2n) is 9.60. The molecule has 0 saturated heterocycles. The normalized spacial score (nSPS) is 16.3. The molecule has 3 aromatic rings. The van der Waals surface area contributed by atoms with Crippen LogP contribution >= 0.6 is 0 Å². The highest BCUT2D eigenvalue weighted by molar-refractivity contribution is 7.72. The molecule has 2 aliphatic heterocycles. The van der Waals surface area contributed by atoms with Crippen molar-refractivity contribution in [3.63, 3.8) is 0 Å². The van der Waals surface area contributed by atoms with Crippen molar-refractivity contribution in [1.82, 2.24) is 4.90 Å². The maximum Gasteiger partial charge on any atom is 0.249 e. The molecule has 3 amide bonds. The zero-order valence-corrected chi connectivity index (χ0v) is 22.8. The van der Waals surface area contributed by atoms with Crippen LogP contribution in [0.5, 0.6) is 0 Å². The molecule has 1 unspecified atom stereocenters. The lowest BCUT2D eigenvalue weighted by Crippen LogP contribution is -2.35. The molecule has 2 heterocycles. The maximum absolute atomic E-state index is 13.9. The number of nitrogens with zero attached hydrogens (tertiary/aromatic N) is 1. The largest absolute Gasteiger partial charge is 0.370 e. The first-order valence-electron chi connectivity index (χ1n) is 12.8. The Morgan fingerprint density at radius 3 is 2.56 bits per heavy atom. The fraction of sp³-hybridized carbons (Fsp3) is 0.276. The van der Waals surface area contributed by atoms with E-state index in [1.165, 1.54) is 11.0 Å². The van der Waals surface area contributed by atoms with Crippen LogP contribution < -0.4 is 16.4 Å². The van der Waals surface area contributed by atoms with Crippen LogP contribution in [-0.2, 0) is 39.7 Å². The fourth-order valence-corrected chi connectivity index (χ4v) is 5.37. The Hall–Kier alpha value is -4.18. The van der Waals surface area contributed by atoms with Gasteiger partial charge in [0.15, 0.2) is 10.7 Å². The van der Waals surface area contributed by atoms with Gasteiger partial charge in [0.1, 0.15) is 6.04 Å². The third-order valence-electron chi connectivity index (χ3n) is 6.84. The van der Waals surface area contributed by atoms with E-state index in [1.54, 1.807) is 43.4 Å². The maximum atomic E-state index is 13.9. The third kappa shape index (κ3) is 6.64. The zero-order chi connectivity index (χ0) is 28.1. The zero-order valence-electron chi connectivity index (χ0n) is 21.9. The highest BCUT2D eigenvalue weighted by atomic mass is 32.2. The summed E-state index contributed by atoms with van der Waals surface area (Å²) in [6.07, 6.45) is 2.40. The number of amides is 3. The summed E-state index contributed by atoms with van der Waals surface area (Å²) in [7, 11) is -1.32. The van der Waals surface area contributed by atoms with Crippen molar-refractivity contribution in [3.8, 4) is 0 Å². The summed E-state index contributed by atoms with van der Waals surface area (Å²) in [5, 5.41) is 6.11. The monoisotopic (exact) mass is 548 g/mol. The molecular formula is C29H32N4O5S. The second kappa shape index (κ2) is 12.1. The van der Waals surface area contributed by atoms with Crippen LogP contribution in [0.4, 0.5) is 11.4 Å². The number of hydrogen-bond donors (Lipinski definition) is 4. The number of carbonyl (C=O) groups is 3. The van der Waals surface area contributed by atoms with Crippen LogP contribution in [0, 0.1) is 0 Å². The summed E-state index contributed by atoms with van der Waals surface area (Å²) in [4.78, 5) is 39.8. The standard InChI is InChI=1S/C29H32N4O5S/c1-3-18-14-20-11-10-19(18)6-5-9-26(34)31-24-12-13-25(39(37)38)22(16-24)17-33(2)29(36)27(20)32-23-8-4-7-21(15-23)28(30)35/h4,7-8,10-16,27,32,39H,3,5-6,9,17H2,1-2H3,(H2,30,35)(H,31,34). The first-order valence-corrected chi connectivity index (χ1v) is 13.9. The Kier molecular flexibility index (Phi) is 8.65. The SMILES string of the molecule is CCc1cc2ccc1CCCC(=O)Nc1ccc([SH](=O)=O)c(c1)CN(C)C(=O)C2Nc1cccc(C(N)=O)c1. The average molecular weight is 549 g/mol. The van der Waals surface area contributed by atoms with Crippen molar-refractivity contribution in [2.24, 2.45) is 5.73 Å². The van der Waals surface area contributed by atoms with E-state index in [1.807, 2.05) is 25.1 Å². The number of carbonyl (C=O) groups excluding carboxylic acids is 3. The van der Waals surface area contributed by atoms with Crippen molar-refractivity contribution in [1.29, 1.82) is 0 Å². The number of rotatable bonds is 5. The number of likely N-dealkylation sites (N-methyl/N-ethyl adjacent to an activating group) is 1. The third-order valence-corrected chi connectivity index (χ3v) is 7.67. The van der Waals surface area contributed by atoms with Gasteiger partial charge >= 0.3 is 0 Å². The average Bonchev–Trinajstić information content (AvgIpc) is 2.91. The van der Waals surface area contributed by atoms with Crippen molar-refractivity contribution in [2.75, 3.05) is 17.7 Å². The molecule has 4 N–H and O–H groups in total. The minimum Gasteiger partial charge on any atom is -0.370 e. The molecule has 0 radical (unpaired) electrons. The number of benzene rings is 3. The van der Waals surface area contributed by atoms with E-state index >= 15 is 0 Å². The first-order chi connectivity index (χ1) is 18.7. The fourth-order valence-electron chi connectivity index (χ4n) is 4.80. The Labute approximate surface area is 229 Å². The van der Waals surface area contributed by atoms with Gasteiger partial charge in [0.05, 0.1) is 4.90 Å². The molecule has 9 nitrogen and oxygen atoms in total. The Balaban J connectivity index is 1.80. The van der Waals surface area contributed by atoms with Gasteiger partial charge in [-0.05, 0) is 77.9 Å². The van der Waals surface area contributed by atoms with Crippen molar-refractivity contribution in [2.45, 2.75) is 50.1 Å². The van der Waals surface area contributed by atoms with Crippen LogP contribution in [0.15, 0.2) is 65.6 Å². The molecule has 39 heavy (non-hydrogen) atoms. The second-order valence-corrected chi connectivity index (χ2v) is 10.6. The minimum absolute atomic E-state index is 0.000581. The number of nitrogens with one attached hydrogen (secondary N) is 2. The molecule has 4 bridgehead atoms. The van der Waals surface area contributed by atoms with Gasteiger partial charge in [-0.3, -0.25) is 14.4 Å².